The molecule has 3 atom stereocenters. The lowest BCUT2D eigenvalue weighted by atomic mass is 9.90. The molecule has 28 heavy (non-hydrogen) atoms. The van der Waals surface area contributed by atoms with Crippen LogP contribution < -0.4 is 4.90 Å². The van der Waals surface area contributed by atoms with Crippen LogP contribution in [0.2, 0.25) is 10.0 Å². The van der Waals surface area contributed by atoms with E-state index in [1.54, 1.807) is 12.1 Å². The Hall–Kier alpha value is -1.92. The van der Waals surface area contributed by atoms with Crippen molar-refractivity contribution in [2.75, 3.05) is 18.0 Å². The summed E-state index contributed by atoms with van der Waals surface area (Å²) in [5.74, 6) is -0.796. The van der Waals surface area contributed by atoms with E-state index in [1.807, 2.05) is 37.3 Å². The van der Waals surface area contributed by atoms with Crippen molar-refractivity contribution in [1.82, 2.24) is 10.0 Å². The SMILES string of the molecule is Cc1ccc(N2C(=O)[C@H]3[C@@H](C2=O)N2CCCN2[C@@H]3c2ccc(Cl)cc2Cl)cc1. The summed E-state index contributed by atoms with van der Waals surface area (Å²) in [5.41, 5.74) is 2.55. The zero-order valence-corrected chi connectivity index (χ0v) is 16.8. The molecule has 3 heterocycles. The zero-order valence-electron chi connectivity index (χ0n) is 15.3. The maximum atomic E-state index is 13.5. The fourth-order valence-corrected chi connectivity index (χ4v) is 5.30. The molecule has 0 unspecified atom stereocenters. The molecule has 5 rings (SSSR count). The van der Waals surface area contributed by atoms with Crippen LogP contribution >= 0.6 is 23.2 Å². The van der Waals surface area contributed by atoms with Crippen molar-refractivity contribution in [2.24, 2.45) is 5.92 Å². The molecule has 7 heteroatoms. The highest BCUT2D eigenvalue weighted by molar-refractivity contribution is 6.35. The van der Waals surface area contributed by atoms with Gasteiger partial charge in [0.2, 0.25) is 5.91 Å². The van der Waals surface area contributed by atoms with Gasteiger partial charge in [-0.15, -0.1) is 0 Å². The zero-order chi connectivity index (χ0) is 19.6. The van der Waals surface area contributed by atoms with Gasteiger partial charge in [0.15, 0.2) is 0 Å². The number of aryl methyl sites for hydroxylation is 1. The van der Waals surface area contributed by atoms with Gasteiger partial charge in [-0.3, -0.25) is 9.59 Å². The lowest BCUT2D eigenvalue weighted by Gasteiger charge is -2.30. The van der Waals surface area contributed by atoms with Gasteiger partial charge in [-0.25, -0.2) is 14.9 Å². The van der Waals surface area contributed by atoms with Crippen molar-refractivity contribution >= 4 is 40.7 Å². The van der Waals surface area contributed by atoms with Crippen molar-refractivity contribution in [2.45, 2.75) is 25.4 Å². The first-order valence-electron chi connectivity index (χ1n) is 9.40. The van der Waals surface area contributed by atoms with Gasteiger partial charge in [0, 0.05) is 23.1 Å². The van der Waals surface area contributed by atoms with Crippen molar-refractivity contribution < 1.29 is 9.59 Å². The first-order chi connectivity index (χ1) is 13.5. The number of imide groups is 1. The fourth-order valence-electron chi connectivity index (χ4n) is 4.78. The summed E-state index contributed by atoms with van der Waals surface area (Å²) < 4.78 is 0. The monoisotopic (exact) mass is 415 g/mol. The van der Waals surface area contributed by atoms with Crippen molar-refractivity contribution in [3.05, 3.63) is 63.6 Å². The van der Waals surface area contributed by atoms with E-state index < -0.39 is 12.0 Å². The Kier molecular flexibility index (Phi) is 4.25. The number of rotatable bonds is 2. The van der Waals surface area contributed by atoms with Gasteiger partial charge in [-0.05, 0) is 43.2 Å². The Morgan fingerprint density at radius 3 is 2.25 bits per heavy atom. The molecule has 0 radical (unpaired) electrons. The second kappa shape index (κ2) is 6.56. The van der Waals surface area contributed by atoms with Crippen molar-refractivity contribution in [1.29, 1.82) is 0 Å². The van der Waals surface area contributed by atoms with Crippen LogP contribution in [0.15, 0.2) is 42.5 Å². The molecule has 0 aliphatic carbocycles. The molecule has 2 amide bonds. The molecular formula is C21H19Cl2N3O2. The average molecular weight is 416 g/mol. The van der Waals surface area contributed by atoms with Crippen LogP contribution in [0.4, 0.5) is 5.69 Å². The first kappa shape index (κ1) is 18.1. The van der Waals surface area contributed by atoms with E-state index in [1.165, 1.54) is 4.90 Å². The molecule has 2 aromatic carbocycles. The van der Waals surface area contributed by atoms with Crippen LogP contribution in [-0.4, -0.2) is 41.0 Å². The molecule has 2 aromatic rings. The van der Waals surface area contributed by atoms with Gasteiger partial charge in [-0.1, -0.05) is 47.0 Å². The van der Waals surface area contributed by atoms with Gasteiger partial charge in [0.25, 0.3) is 5.91 Å². The number of fused-ring (bicyclic) bond motifs is 3. The van der Waals surface area contributed by atoms with Crippen molar-refractivity contribution in [3.63, 3.8) is 0 Å². The van der Waals surface area contributed by atoms with Crippen LogP contribution in [0.3, 0.4) is 0 Å². The molecule has 144 valence electrons. The van der Waals surface area contributed by atoms with Crippen LogP contribution in [0.1, 0.15) is 23.6 Å². The molecule has 0 spiro atoms. The fraction of sp³-hybridized carbons (Fsp3) is 0.333. The molecule has 3 aliphatic rings. The summed E-state index contributed by atoms with van der Waals surface area (Å²) in [6.45, 7) is 3.55. The largest absolute Gasteiger partial charge is 0.274 e. The Balaban J connectivity index is 1.60. The quantitative estimate of drug-likeness (QED) is 0.698. The van der Waals surface area contributed by atoms with E-state index in [4.69, 9.17) is 23.2 Å². The summed E-state index contributed by atoms with van der Waals surface area (Å²) in [7, 11) is 0. The van der Waals surface area contributed by atoms with E-state index in [0.29, 0.717) is 15.7 Å². The topological polar surface area (TPSA) is 43.9 Å². The van der Waals surface area contributed by atoms with Crippen LogP contribution in [0.25, 0.3) is 0 Å². The second-order valence-electron chi connectivity index (χ2n) is 7.61. The minimum Gasteiger partial charge on any atom is -0.274 e. The van der Waals surface area contributed by atoms with Crippen LogP contribution in [0, 0.1) is 12.8 Å². The number of nitrogens with zero attached hydrogens (tertiary/aromatic N) is 3. The number of amides is 2. The summed E-state index contributed by atoms with van der Waals surface area (Å²) >= 11 is 12.6. The number of hydrogen-bond acceptors (Lipinski definition) is 4. The predicted molar refractivity (Wildman–Crippen MR) is 108 cm³/mol. The first-order valence-corrected chi connectivity index (χ1v) is 10.2. The summed E-state index contributed by atoms with van der Waals surface area (Å²) in [6, 6.07) is 12.1. The molecule has 0 N–H and O–H groups in total. The Labute approximate surface area is 173 Å². The molecule has 0 saturated carbocycles. The highest BCUT2D eigenvalue weighted by atomic mass is 35.5. The summed E-state index contributed by atoms with van der Waals surface area (Å²) in [5, 5.41) is 5.29. The number of benzene rings is 2. The molecule has 0 bridgehead atoms. The average Bonchev–Trinajstić information content (AvgIpc) is 3.30. The van der Waals surface area contributed by atoms with Crippen molar-refractivity contribution in [3.8, 4) is 0 Å². The van der Waals surface area contributed by atoms with E-state index in [9.17, 15) is 9.59 Å². The van der Waals surface area contributed by atoms with E-state index in [0.717, 1.165) is 30.6 Å². The molecule has 3 fully saturated rings. The van der Waals surface area contributed by atoms with Crippen LogP contribution in [0.5, 0.6) is 0 Å². The Bertz CT molecular complexity index is 978. The van der Waals surface area contributed by atoms with Gasteiger partial charge in [0.1, 0.15) is 6.04 Å². The third-order valence-corrected chi connectivity index (χ3v) is 6.54. The number of carbonyl (C=O) groups is 2. The summed E-state index contributed by atoms with van der Waals surface area (Å²) in [4.78, 5) is 28.1. The lowest BCUT2D eigenvalue weighted by Crippen LogP contribution is -2.44. The van der Waals surface area contributed by atoms with Gasteiger partial charge < -0.3 is 0 Å². The predicted octanol–water partition coefficient (Wildman–Crippen LogP) is 3.84. The maximum Gasteiger partial charge on any atom is 0.253 e. The maximum absolute atomic E-state index is 13.5. The molecule has 0 aromatic heterocycles. The third kappa shape index (κ3) is 2.54. The number of hydrogen-bond donors (Lipinski definition) is 0. The highest BCUT2D eigenvalue weighted by Gasteiger charge is 2.63. The Morgan fingerprint density at radius 1 is 0.893 bits per heavy atom. The lowest BCUT2D eigenvalue weighted by molar-refractivity contribution is -0.126. The minimum absolute atomic E-state index is 0.154. The van der Waals surface area contributed by atoms with E-state index in [2.05, 4.69) is 10.0 Å². The van der Waals surface area contributed by atoms with E-state index in [-0.39, 0.29) is 17.9 Å². The smallest absolute Gasteiger partial charge is 0.253 e. The second-order valence-corrected chi connectivity index (χ2v) is 8.45. The van der Waals surface area contributed by atoms with Gasteiger partial charge in [-0.2, -0.15) is 0 Å². The number of carbonyl (C=O) groups excluding carboxylic acids is 2. The number of anilines is 1. The van der Waals surface area contributed by atoms with Gasteiger partial charge >= 0.3 is 0 Å². The minimum atomic E-state index is -0.479. The molecule has 5 nitrogen and oxygen atoms in total. The van der Waals surface area contributed by atoms with E-state index >= 15 is 0 Å². The van der Waals surface area contributed by atoms with Crippen LogP contribution in [-0.2, 0) is 9.59 Å². The molecule has 3 aliphatic heterocycles. The molecule has 3 saturated heterocycles. The third-order valence-electron chi connectivity index (χ3n) is 5.98. The molecular weight excluding hydrogens is 397 g/mol. The number of hydrazine groups is 1. The Morgan fingerprint density at radius 2 is 1.57 bits per heavy atom. The normalized spacial score (nSPS) is 27.5. The highest BCUT2D eigenvalue weighted by Crippen LogP contribution is 2.50. The van der Waals surface area contributed by atoms with Gasteiger partial charge in [0.05, 0.1) is 17.6 Å². The summed E-state index contributed by atoms with van der Waals surface area (Å²) in [6.07, 6.45) is 0.955. The number of halogens is 2. The standard InChI is InChI=1S/C21H19Cl2N3O2/c1-12-3-6-14(7-4-12)26-20(27)17-18(15-8-5-13(22)11-16(15)23)24-9-2-10-25(24)19(17)21(26)28/h3-8,11,17-19H,2,9-10H2,1H3/t17-,18-,19+/m1/s1.